The standard InChI is InChI=1S/C14H16N2O3/c1-3-8-16(4-2)14(19)15-12-7-5-6-11(9-12)10-13(17)18/h1,5-7,9H,4,8,10H2,2H3,(H,15,19)(H,17,18). The fraction of sp³-hybridized carbons (Fsp3) is 0.286. The summed E-state index contributed by atoms with van der Waals surface area (Å²) >= 11 is 0. The monoisotopic (exact) mass is 260 g/mol. The zero-order chi connectivity index (χ0) is 14.3. The van der Waals surface area contributed by atoms with Crippen LogP contribution in [0, 0.1) is 12.3 Å². The van der Waals surface area contributed by atoms with E-state index in [1.54, 1.807) is 24.3 Å². The molecule has 2 N–H and O–H groups in total. The van der Waals surface area contributed by atoms with Gasteiger partial charge in [-0.05, 0) is 24.6 Å². The zero-order valence-electron chi connectivity index (χ0n) is 10.7. The van der Waals surface area contributed by atoms with Crippen LogP contribution in [0.3, 0.4) is 0 Å². The molecule has 1 rings (SSSR count). The number of carbonyl (C=O) groups excluding carboxylic acids is 1. The van der Waals surface area contributed by atoms with Crippen LogP contribution in [-0.4, -0.2) is 35.1 Å². The number of nitrogens with zero attached hydrogens (tertiary/aromatic N) is 1. The summed E-state index contributed by atoms with van der Waals surface area (Å²) < 4.78 is 0. The molecule has 0 aromatic heterocycles. The molecule has 5 nitrogen and oxygen atoms in total. The molecule has 0 aliphatic heterocycles. The van der Waals surface area contributed by atoms with E-state index in [1.165, 1.54) is 4.90 Å². The van der Waals surface area contributed by atoms with Crippen molar-refractivity contribution in [2.75, 3.05) is 18.4 Å². The highest BCUT2D eigenvalue weighted by atomic mass is 16.4. The predicted molar refractivity (Wildman–Crippen MR) is 72.9 cm³/mol. The summed E-state index contributed by atoms with van der Waals surface area (Å²) in [5.74, 6) is 1.50. The topological polar surface area (TPSA) is 69.6 Å². The third kappa shape index (κ3) is 4.72. The molecule has 0 fully saturated rings. The van der Waals surface area contributed by atoms with Crippen molar-refractivity contribution in [1.29, 1.82) is 0 Å². The van der Waals surface area contributed by atoms with Crippen LogP contribution in [-0.2, 0) is 11.2 Å². The first kappa shape index (κ1) is 14.6. The van der Waals surface area contributed by atoms with Crippen molar-refractivity contribution in [3.8, 4) is 12.3 Å². The normalized spacial score (nSPS) is 9.47. The molecule has 0 atom stereocenters. The maximum Gasteiger partial charge on any atom is 0.322 e. The van der Waals surface area contributed by atoms with Gasteiger partial charge in [0.05, 0.1) is 13.0 Å². The summed E-state index contributed by atoms with van der Waals surface area (Å²) in [6.45, 7) is 2.57. The Morgan fingerprint density at radius 1 is 1.47 bits per heavy atom. The van der Waals surface area contributed by atoms with Crippen molar-refractivity contribution in [2.45, 2.75) is 13.3 Å². The average molecular weight is 260 g/mol. The van der Waals surface area contributed by atoms with E-state index < -0.39 is 5.97 Å². The molecule has 0 aliphatic rings. The Bertz CT molecular complexity index is 506. The molecule has 19 heavy (non-hydrogen) atoms. The number of nitrogens with one attached hydrogen (secondary N) is 1. The maximum absolute atomic E-state index is 11.9. The Morgan fingerprint density at radius 3 is 2.79 bits per heavy atom. The van der Waals surface area contributed by atoms with E-state index in [0.29, 0.717) is 17.8 Å². The molecule has 0 saturated heterocycles. The van der Waals surface area contributed by atoms with E-state index >= 15 is 0 Å². The fourth-order valence-corrected chi connectivity index (χ4v) is 1.57. The molecule has 0 radical (unpaired) electrons. The van der Waals surface area contributed by atoms with Crippen molar-refractivity contribution in [3.05, 3.63) is 29.8 Å². The van der Waals surface area contributed by atoms with E-state index in [4.69, 9.17) is 11.5 Å². The highest BCUT2D eigenvalue weighted by Gasteiger charge is 2.10. The molecule has 2 amide bonds. The van der Waals surface area contributed by atoms with Gasteiger partial charge in [0.1, 0.15) is 0 Å². The maximum atomic E-state index is 11.9. The number of rotatable bonds is 5. The van der Waals surface area contributed by atoms with Crippen molar-refractivity contribution in [1.82, 2.24) is 4.90 Å². The zero-order valence-corrected chi connectivity index (χ0v) is 10.7. The lowest BCUT2D eigenvalue weighted by atomic mass is 10.1. The van der Waals surface area contributed by atoms with Gasteiger partial charge in [0.15, 0.2) is 0 Å². The summed E-state index contributed by atoms with van der Waals surface area (Å²) in [6, 6.07) is 6.43. The molecule has 0 heterocycles. The van der Waals surface area contributed by atoms with Gasteiger partial charge in [0.25, 0.3) is 0 Å². The van der Waals surface area contributed by atoms with Crippen LogP contribution >= 0.6 is 0 Å². The quantitative estimate of drug-likeness (QED) is 0.793. The molecule has 5 heteroatoms. The second-order valence-corrected chi connectivity index (χ2v) is 3.92. The Hall–Kier alpha value is -2.48. The minimum absolute atomic E-state index is 0.0778. The van der Waals surface area contributed by atoms with Crippen molar-refractivity contribution in [2.24, 2.45) is 0 Å². The molecule has 0 saturated carbocycles. The van der Waals surface area contributed by atoms with E-state index in [9.17, 15) is 9.59 Å². The lowest BCUT2D eigenvalue weighted by molar-refractivity contribution is -0.136. The van der Waals surface area contributed by atoms with Gasteiger partial charge < -0.3 is 15.3 Å². The fourth-order valence-electron chi connectivity index (χ4n) is 1.57. The number of hydrogen-bond donors (Lipinski definition) is 2. The third-order valence-corrected chi connectivity index (χ3v) is 2.48. The molecule has 0 spiro atoms. The van der Waals surface area contributed by atoms with Gasteiger partial charge in [-0.3, -0.25) is 4.79 Å². The van der Waals surface area contributed by atoms with Gasteiger partial charge in [-0.2, -0.15) is 0 Å². The first-order chi connectivity index (χ1) is 9.06. The second kappa shape index (κ2) is 7.07. The van der Waals surface area contributed by atoms with Crippen LogP contribution in [0.2, 0.25) is 0 Å². The van der Waals surface area contributed by atoms with Gasteiger partial charge in [-0.25, -0.2) is 4.79 Å². The van der Waals surface area contributed by atoms with Gasteiger partial charge >= 0.3 is 12.0 Å². The predicted octanol–water partition coefficient (Wildman–Crippen LogP) is 1.80. The van der Waals surface area contributed by atoms with E-state index in [-0.39, 0.29) is 19.0 Å². The molecule has 1 aromatic rings. The molecule has 0 aliphatic carbocycles. The van der Waals surface area contributed by atoms with Gasteiger partial charge in [0, 0.05) is 12.2 Å². The van der Waals surface area contributed by atoms with Gasteiger partial charge in [-0.15, -0.1) is 6.42 Å². The number of carboxylic acids is 1. The van der Waals surface area contributed by atoms with Crippen molar-refractivity contribution < 1.29 is 14.7 Å². The summed E-state index contributed by atoms with van der Waals surface area (Å²) in [6.07, 6.45) is 5.10. The third-order valence-electron chi connectivity index (χ3n) is 2.48. The number of aliphatic carboxylic acids is 1. The van der Waals surface area contributed by atoms with Crippen LogP contribution in [0.15, 0.2) is 24.3 Å². The first-order valence-corrected chi connectivity index (χ1v) is 5.87. The molecule has 1 aromatic carbocycles. The number of benzene rings is 1. The number of carbonyl (C=O) groups is 2. The van der Waals surface area contributed by atoms with Crippen LogP contribution in [0.1, 0.15) is 12.5 Å². The molecular formula is C14H16N2O3. The Balaban J connectivity index is 2.74. The Morgan fingerprint density at radius 2 is 2.21 bits per heavy atom. The van der Waals surface area contributed by atoms with E-state index in [1.807, 2.05) is 6.92 Å². The van der Waals surface area contributed by atoms with E-state index in [2.05, 4.69) is 11.2 Å². The summed E-state index contributed by atoms with van der Waals surface area (Å²) in [5.41, 5.74) is 1.18. The van der Waals surface area contributed by atoms with Gasteiger partial charge in [-0.1, -0.05) is 18.1 Å². The van der Waals surface area contributed by atoms with Crippen LogP contribution in [0.5, 0.6) is 0 Å². The highest BCUT2D eigenvalue weighted by molar-refractivity contribution is 5.89. The molecule has 100 valence electrons. The van der Waals surface area contributed by atoms with E-state index in [0.717, 1.165) is 0 Å². The lowest BCUT2D eigenvalue weighted by Gasteiger charge is -2.18. The van der Waals surface area contributed by atoms with Crippen LogP contribution < -0.4 is 5.32 Å². The van der Waals surface area contributed by atoms with Gasteiger partial charge in [0.2, 0.25) is 0 Å². The number of hydrogen-bond acceptors (Lipinski definition) is 2. The minimum Gasteiger partial charge on any atom is -0.481 e. The highest BCUT2D eigenvalue weighted by Crippen LogP contribution is 2.12. The number of terminal acetylenes is 1. The first-order valence-electron chi connectivity index (χ1n) is 5.87. The minimum atomic E-state index is -0.911. The average Bonchev–Trinajstić information content (AvgIpc) is 2.35. The molecular weight excluding hydrogens is 244 g/mol. The largest absolute Gasteiger partial charge is 0.481 e. The number of urea groups is 1. The smallest absolute Gasteiger partial charge is 0.322 e. The van der Waals surface area contributed by atoms with Crippen molar-refractivity contribution >= 4 is 17.7 Å². The Kier molecular flexibility index (Phi) is 5.42. The van der Waals surface area contributed by atoms with Crippen molar-refractivity contribution in [3.63, 3.8) is 0 Å². The van der Waals surface area contributed by atoms with Crippen LogP contribution in [0.25, 0.3) is 0 Å². The Labute approximate surface area is 112 Å². The molecule has 0 unspecified atom stereocenters. The molecule has 0 bridgehead atoms. The van der Waals surface area contributed by atoms with Crippen LogP contribution in [0.4, 0.5) is 10.5 Å². The summed E-state index contributed by atoms with van der Waals surface area (Å²) in [7, 11) is 0. The lowest BCUT2D eigenvalue weighted by Crippen LogP contribution is -2.35. The number of anilines is 1. The number of amides is 2. The SMILES string of the molecule is C#CCN(CC)C(=O)Nc1cccc(CC(=O)O)c1. The second-order valence-electron chi connectivity index (χ2n) is 3.92. The summed E-state index contributed by atoms with van der Waals surface area (Å²) in [5, 5.41) is 11.4. The number of carboxylic acid groups (broad SMARTS) is 1. The summed E-state index contributed by atoms with van der Waals surface area (Å²) in [4.78, 5) is 24.0.